The number of guanidine groups is 1. The molecule has 6 nitrogen and oxygen atoms in total. The highest BCUT2D eigenvalue weighted by Crippen LogP contribution is 2.31. The number of carbonyl (C=O) groups is 1. The van der Waals surface area contributed by atoms with E-state index in [1.807, 2.05) is 11.8 Å². The minimum absolute atomic E-state index is 0.0490. The fraction of sp³-hybridized carbons (Fsp3) is 0.619. The Bertz CT molecular complexity index is 697. The average Bonchev–Trinajstić information content (AvgIpc) is 3.42. The number of nitrogens with one attached hydrogen (secondary N) is 2. The van der Waals surface area contributed by atoms with Crippen molar-refractivity contribution < 1.29 is 9.18 Å². The second kappa shape index (κ2) is 10.8. The molecule has 1 amide bonds. The van der Waals surface area contributed by atoms with Gasteiger partial charge in [-0.25, -0.2) is 9.38 Å². The summed E-state index contributed by atoms with van der Waals surface area (Å²) in [6.07, 6.45) is 4.32. The first-order chi connectivity index (χ1) is 14.1. The van der Waals surface area contributed by atoms with Gasteiger partial charge in [0.1, 0.15) is 12.4 Å². The third-order valence-electron chi connectivity index (χ3n) is 5.55. The first-order valence-corrected chi connectivity index (χ1v) is 11.0. The van der Waals surface area contributed by atoms with Crippen LogP contribution in [-0.2, 0) is 4.79 Å². The zero-order valence-electron chi connectivity index (χ0n) is 17.1. The van der Waals surface area contributed by atoms with Crippen molar-refractivity contribution in [1.82, 2.24) is 20.4 Å². The van der Waals surface area contributed by atoms with E-state index in [2.05, 4.69) is 20.5 Å². The summed E-state index contributed by atoms with van der Waals surface area (Å²) in [4.78, 5) is 20.9. The number of rotatable bonds is 7. The lowest BCUT2D eigenvalue weighted by atomic mass is 10.0. The Morgan fingerprint density at radius 3 is 2.52 bits per heavy atom. The van der Waals surface area contributed by atoms with Crippen LogP contribution < -0.4 is 10.6 Å². The SMILES string of the molecule is CCNC(=NCC(=O)N1CCCC1)NCC(c1c(F)cccc1Cl)N1CCCC1. The first kappa shape index (κ1) is 21.8. The minimum Gasteiger partial charge on any atom is -0.357 e. The number of hydrogen-bond donors (Lipinski definition) is 2. The summed E-state index contributed by atoms with van der Waals surface area (Å²) >= 11 is 6.36. The van der Waals surface area contributed by atoms with Gasteiger partial charge in [-0.1, -0.05) is 17.7 Å². The van der Waals surface area contributed by atoms with Crippen LogP contribution in [0, 0.1) is 5.82 Å². The number of halogens is 2. The quantitative estimate of drug-likeness (QED) is 0.523. The molecule has 2 aliphatic heterocycles. The lowest BCUT2D eigenvalue weighted by Crippen LogP contribution is -2.43. The lowest BCUT2D eigenvalue weighted by Gasteiger charge is -2.29. The Balaban J connectivity index is 1.70. The highest BCUT2D eigenvalue weighted by Gasteiger charge is 2.28. The fourth-order valence-corrected chi connectivity index (χ4v) is 4.33. The highest BCUT2D eigenvalue weighted by molar-refractivity contribution is 6.31. The average molecular weight is 424 g/mol. The van der Waals surface area contributed by atoms with E-state index in [1.54, 1.807) is 12.1 Å². The Hall–Kier alpha value is -1.86. The standard InChI is InChI=1S/C21H31ClFN5O/c1-2-24-21(26-15-19(29)28-12-5-6-13-28)25-14-18(27-10-3-4-11-27)20-16(22)8-7-9-17(20)23/h7-9,18H,2-6,10-15H2,1H3,(H2,24,25,26). The van der Waals surface area contributed by atoms with Crippen molar-refractivity contribution in [1.29, 1.82) is 0 Å². The van der Waals surface area contributed by atoms with Gasteiger partial charge in [-0.3, -0.25) is 9.69 Å². The van der Waals surface area contributed by atoms with Crippen molar-refractivity contribution in [3.8, 4) is 0 Å². The number of aliphatic imine (C=N–C) groups is 1. The molecule has 2 fully saturated rings. The second-order valence-electron chi connectivity index (χ2n) is 7.56. The zero-order valence-corrected chi connectivity index (χ0v) is 17.8. The predicted octanol–water partition coefficient (Wildman–Crippen LogP) is 2.79. The number of likely N-dealkylation sites (tertiary alicyclic amines) is 2. The van der Waals surface area contributed by atoms with Crippen LogP contribution >= 0.6 is 11.6 Å². The molecule has 2 saturated heterocycles. The normalized spacial score (nSPS) is 18.9. The van der Waals surface area contributed by atoms with Crippen LogP contribution in [0.1, 0.15) is 44.2 Å². The predicted molar refractivity (Wildman–Crippen MR) is 115 cm³/mol. The van der Waals surface area contributed by atoms with Gasteiger partial charge in [0, 0.05) is 36.8 Å². The van der Waals surface area contributed by atoms with E-state index in [0.29, 0.717) is 29.6 Å². The maximum atomic E-state index is 14.6. The molecule has 1 unspecified atom stereocenters. The molecule has 2 heterocycles. The van der Waals surface area contributed by atoms with Gasteiger partial charge in [0.2, 0.25) is 5.91 Å². The molecule has 1 aromatic rings. The molecular weight excluding hydrogens is 393 g/mol. The van der Waals surface area contributed by atoms with Crippen LogP contribution in [0.5, 0.6) is 0 Å². The van der Waals surface area contributed by atoms with Crippen LogP contribution in [0.25, 0.3) is 0 Å². The maximum absolute atomic E-state index is 14.6. The van der Waals surface area contributed by atoms with Crippen molar-refractivity contribution in [3.63, 3.8) is 0 Å². The lowest BCUT2D eigenvalue weighted by molar-refractivity contribution is -0.128. The number of nitrogens with zero attached hydrogens (tertiary/aromatic N) is 3. The van der Waals surface area contributed by atoms with Gasteiger partial charge in [-0.15, -0.1) is 0 Å². The summed E-state index contributed by atoms with van der Waals surface area (Å²) in [6, 6.07) is 4.63. The van der Waals surface area contributed by atoms with Gasteiger partial charge < -0.3 is 15.5 Å². The van der Waals surface area contributed by atoms with Gasteiger partial charge in [0.25, 0.3) is 0 Å². The van der Waals surface area contributed by atoms with Crippen LogP contribution in [0.3, 0.4) is 0 Å². The summed E-state index contributed by atoms with van der Waals surface area (Å²) in [5.41, 5.74) is 0.521. The Morgan fingerprint density at radius 2 is 1.86 bits per heavy atom. The molecule has 0 radical (unpaired) electrons. The fourth-order valence-electron chi connectivity index (χ4n) is 4.04. The number of benzene rings is 1. The maximum Gasteiger partial charge on any atom is 0.244 e. The van der Waals surface area contributed by atoms with E-state index in [9.17, 15) is 9.18 Å². The first-order valence-electron chi connectivity index (χ1n) is 10.6. The number of carbonyl (C=O) groups excluding carboxylic acids is 1. The summed E-state index contributed by atoms with van der Waals surface area (Å²) in [5.74, 6) is 0.326. The molecule has 0 aliphatic carbocycles. The van der Waals surface area contributed by atoms with Crippen molar-refractivity contribution >= 4 is 23.5 Å². The summed E-state index contributed by atoms with van der Waals surface area (Å²) in [5, 5.41) is 6.92. The highest BCUT2D eigenvalue weighted by atomic mass is 35.5. The van der Waals surface area contributed by atoms with Crippen molar-refractivity contribution in [2.45, 2.75) is 38.6 Å². The van der Waals surface area contributed by atoms with Crippen LogP contribution in [0.2, 0.25) is 5.02 Å². The van der Waals surface area contributed by atoms with E-state index < -0.39 is 0 Å². The molecule has 1 atom stereocenters. The third kappa shape index (κ3) is 5.82. The molecule has 2 N–H and O–H groups in total. The Morgan fingerprint density at radius 1 is 1.17 bits per heavy atom. The molecular formula is C21H31ClFN5O. The summed E-state index contributed by atoms with van der Waals surface area (Å²) in [6.45, 7) is 6.71. The van der Waals surface area contributed by atoms with Gasteiger partial charge in [-0.2, -0.15) is 0 Å². The molecule has 8 heteroatoms. The van der Waals surface area contributed by atoms with E-state index in [-0.39, 0.29) is 24.3 Å². The summed E-state index contributed by atoms with van der Waals surface area (Å²) < 4.78 is 14.6. The van der Waals surface area contributed by atoms with Gasteiger partial charge in [0.15, 0.2) is 5.96 Å². The van der Waals surface area contributed by atoms with Crippen molar-refractivity contribution in [2.24, 2.45) is 4.99 Å². The van der Waals surface area contributed by atoms with Crippen molar-refractivity contribution in [2.75, 3.05) is 45.8 Å². The van der Waals surface area contributed by atoms with Gasteiger partial charge in [0.05, 0.1) is 6.04 Å². The molecule has 0 spiro atoms. The largest absolute Gasteiger partial charge is 0.357 e. The molecule has 0 saturated carbocycles. The molecule has 160 valence electrons. The monoisotopic (exact) mass is 423 g/mol. The van der Waals surface area contributed by atoms with E-state index >= 15 is 0 Å². The molecule has 0 bridgehead atoms. The van der Waals surface area contributed by atoms with E-state index in [0.717, 1.165) is 51.9 Å². The Kier molecular flexibility index (Phi) is 8.12. The van der Waals surface area contributed by atoms with E-state index in [4.69, 9.17) is 11.6 Å². The third-order valence-corrected chi connectivity index (χ3v) is 5.88. The second-order valence-corrected chi connectivity index (χ2v) is 7.97. The number of amides is 1. The molecule has 2 aliphatic rings. The van der Waals surface area contributed by atoms with Crippen LogP contribution in [0.15, 0.2) is 23.2 Å². The van der Waals surface area contributed by atoms with Crippen molar-refractivity contribution in [3.05, 3.63) is 34.6 Å². The van der Waals surface area contributed by atoms with Crippen LogP contribution in [-0.4, -0.2) is 67.5 Å². The zero-order chi connectivity index (χ0) is 20.6. The summed E-state index contributed by atoms with van der Waals surface area (Å²) in [7, 11) is 0. The molecule has 0 aromatic heterocycles. The van der Waals surface area contributed by atoms with Crippen LogP contribution in [0.4, 0.5) is 4.39 Å². The smallest absolute Gasteiger partial charge is 0.244 e. The molecule has 1 aromatic carbocycles. The number of hydrogen-bond acceptors (Lipinski definition) is 3. The topological polar surface area (TPSA) is 60.0 Å². The molecule has 29 heavy (non-hydrogen) atoms. The molecule has 3 rings (SSSR count). The van der Waals surface area contributed by atoms with E-state index in [1.165, 1.54) is 6.07 Å². The minimum atomic E-state index is -0.289. The van der Waals surface area contributed by atoms with Gasteiger partial charge in [-0.05, 0) is 57.8 Å². The Labute approximate surface area is 177 Å². The van der Waals surface area contributed by atoms with Gasteiger partial charge >= 0.3 is 0 Å².